The number of Topliss-reactive ketones (excluding diaryl/α,β-unsaturated/α-hetero) is 1. The first-order valence-corrected chi connectivity index (χ1v) is 10.1. The van der Waals surface area contributed by atoms with Crippen LogP contribution < -0.4 is 9.47 Å². The first-order valence-electron chi connectivity index (χ1n) is 9.25. The molecule has 0 aliphatic heterocycles. The minimum Gasteiger partial charge on any atom is -0.493 e. The summed E-state index contributed by atoms with van der Waals surface area (Å²) in [6, 6.07) is 20.9. The summed E-state index contributed by atoms with van der Waals surface area (Å²) < 4.78 is 10.6. The van der Waals surface area contributed by atoms with Crippen molar-refractivity contribution in [1.29, 1.82) is 5.26 Å². The van der Waals surface area contributed by atoms with E-state index in [0.29, 0.717) is 27.8 Å². The number of rotatable bonds is 6. The molecule has 3 aromatic carbocycles. The zero-order valence-electron chi connectivity index (χ0n) is 16.5. The van der Waals surface area contributed by atoms with Gasteiger partial charge >= 0.3 is 0 Å². The molecule has 1 unspecified atom stereocenters. The zero-order chi connectivity index (χ0) is 21.1. The first kappa shape index (κ1) is 19.6. The summed E-state index contributed by atoms with van der Waals surface area (Å²) in [6.45, 7) is 0. The molecule has 148 valence electrons. The summed E-state index contributed by atoms with van der Waals surface area (Å²) in [6.07, 6.45) is 0. The standard InChI is InChI=1S/C24H18N2O3S/c1-28-21-10-9-17(12-22(21)29-2)20-14-30-24(26-20)19(13-25)23(27)18-8-7-15-5-3-4-6-16(15)11-18/h3-12,14,19H,1-2H3. The number of hydrogen-bond acceptors (Lipinski definition) is 6. The maximum Gasteiger partial charge on any atom is 0.186 e. The van der Waals surface area contributed by atoms with Crippen molar-refractivity contribution >= 4 is 27.9 Å². The second-order valence-electron chi connectivity index (χ2n) is 6.63. The zero-order valence-corrected chi connectivity index (χ0v) is 17.3. The van der Waals surface area contributed by atoms with Crippen molar-refractivity contribution in [2.45, 2.75) is 5.92 Å². The molecule has 1 heterocycles. The van der Waals surface area contributed by atoms with Crippen molar-refractivity contribution in [3.8, 4) is 28.8 Å². The number of benzene rings is 3. The maximum atomic E-state index is 13.1. The number of carbonyl (C=O) groups is 1. The highest BCUT2D eigenvalue weighted by molar-refractivity contribution is 7.10. The van der Waals surface area contributed by atoms with Crippen LogP contribution in [-0.4, -0.2) is 25.0 Å². The van der Waals surface area contributed by atoms with Crippen molar-refractivity contribution in [1.82, 2.24) is 4.98 Å². The van der Waals surface area contributed by atoms with Crippen LogP contribution in [0.25, 0.3) is 22.0 Å². The third-order valence-electron chi connectivity index (χ3n) is 4.87. The summed E-state index contributed by atoms with van der Waals surface area (Å²) >= 11 is 1.30. The van der Waals surface area contributed by atoms with Crippen molar-refractivity contribution in [3.63, 3.8) is 0 Å². The summed E-state index contributed by atoms with van der Waals surface area (Å²) in [5, 5.41) is 14.0. The van der Waals surface area contributed by atoms with Crippen LogP contribution in [0.1, 0.15) is 21.3 Å². The van der Waals surface area contributed by atoms with E-state index in [2.05, 4.69) is 11.1 Å². The molecule has 0 saturated heterocycles. The molecule has 6 heteroatoms. The second-order valence-corrected chi connectivity index (χ2v) is 7.52. The third-order valence-corrected chi connectivity index (χ3v) is 5.78. The lowest BCUT2D eigenvalue weighted by Gasteiger charge is -2.08. The molecule has 0 saturated carbocycles. The fraction of sp³-hybridized carbons (Fsp3) is 0.125. The molecule has 0 aliphatic carbocycles. The highest BCUT2D eigenvalue weighted by atomic mass is 32.1. The average molecular weight is 414 g/mol. The van der Waals surface area contributed by atoms with E-state index >= 15 is 0 Å². The van der Waals surface area contributed by atoms with Gasteiger partial charge in [-0.3, -0.25) is 4.79 Å². The van der Waals surface area contributed by atoms with Crippen molar-refractivity contribution in [2.24, 2.45) is 0 Å². The van der Waals surface area contributed by atoms with Gasteiger partial charge in [-0.05, 0) is 35.0 Å². The minimum absolute atomic E-state index is 0.253. The van der Waals surface area contributed by atoms with Crippen molar-refractivity contribution < 1.29 is 14.3 Å². The van der Waals surface area contributed by atoms with Gasteiger partial charge in [-0.15, -0.1) is 11.3 Å². The van der Waals surface area contributed by atoms with Gasteiger partial charge in [-0.1, -0.05) is 36.4 Å². The van der Waals surface area contributed by atoms with Crippen molar-refractivity contribution in [2.75, 3.05) is 14.2 Å². The van der Waals surface area contributed by atoms with Gasteiger partial charge in [0, 0.05) is 16.5 Å². The molecule has 4 aromatic rings. The Labute approximate surface area is 178 Å². The smallest absolute Gasteiger partial charge is 0.186 e. The highest BCUT2D eigenvalue weighted by Crippen LogP contribution is 2.34. The summed E-state index contributed by atoms with van der Waals surface area (Å²) in [5.41, 5.74) is 2.01. The number of nitriles is 1. The topological polar surface area (TPSA) is 72.2 Å². The molecule has 0 spiro atoms. The lowest BCUT2D eigenvalue weighted by molar-refractivity contribution is 0.0979. The SMILES string of the molecule is COc1ccc(-c2csc(C(C#N)C(=O)c3ccc4ccccc4c3)n2)cc1OC. The van der Waals surface area contributed by atoms with E-state index in [0.717, 1.165) is 16.3 Å². The number of hydrogen-bond donors (Lipinski definition) is 0. The van der Waals surface area contributed by atoms with Gasteiger partial charge in [0.05, 0.1) is 26.0 Å². The molecule has 0 bridgehead atoms. The number of ketones is 1. The molecule has 4 rings (SSSR count). The monoisotopic (exact) mass is 414 g/mol. The highest BCUT2D eigenvalue weighted by Gasteiger charge is 2.25. The van der Waals surface area contributed by atoms with Crippen LogP contribution in [0.3, 0.4) is 0 Å². The molecule has 0 amide bonds. The molecule has 0 radical (unpaired) electrons. The number of fused-ring (bicyclic) bond motifs is 1. The van der Waals surface area contributed by atoms with Crippen LogP contribution >= 0.6 is 11.3 Å². The number of methoxy groups -OCH3 is 2. The summed E-state index contributed by atoms with van der Waals surface area (Å²) in [5.74, 6) is 0.00762. The van der Waals surface area contributed by atoms with Gasteiger partial charge < -0.3 is 9.47 Å². The summed E-state index contributed by atoms with van der Waals surface area (Å²) in [7, 11) is 3.15. The molecular weight excluding hydrogens is 396 g/mol. The van der Waals surface area contributed by atoms with Crippen molar-refractivity contribution in [3.05, 3.63) is 76.6 Å². The Balaban J connectivity index is 1.65. The maximum absolute atomic E-state index is 13.1. The number of nitrogens with zero attached hydrogens (tertiary/aromatic N) is 2. The fourth-order valence-corrected chi connectivity index (χ4v) is 4.15. The van der Waals surface area contributed by atoms with E-state index < -0.39 is 5.92 Å². The Morgan fingerprint density at radius 3 is 2.50 bits per heavy atom. The van der Waals surface area contributed by atoms with Crippen LogP contribution in [0.2, 0.25) is 0 Å². The van der Waals surface area contributed by atoms with Gasteiger partial charge in [0.2, 0.25) is 0 Å². The molecule has 0 aliphatic rings. The molecule has 1 aromatic heterocycles. The van der Waals surface area contributed by atoms with Crippen LogP contribution in [0.5, 0.6) is 11.5 Å². The Morgan fingerprint density at radius 2 is 1.77 bits per heavy atom. The van der Waals surface area contributed by atoms with Crippen LogP contribution in [0, 0.1) is 11.3 Å². The van der Waals surface area contributed by atoms with Gasteiger partial charge in [0.25, 0.3) is 0 Å². The number of thiazole rings is 1. The lowest BCUT2D eigenvalue weighted by atomic mass is 9.97. The van der Waals surface area contributed by atoms with E-state index in [1.54, 1.807) is 26.4 Å². The molecule has 1 atom stereocenters. The van der Waals surface area contributed by atoms with E-state index in [1.165, 1.54) is 11.3 Å². The van der Waals surface area contributed by atoms with E-state index in [1.807, 2.05) is 53.9 Å². The largest absolute Gasteiger partial charge is 0.493 e. The van der Waals surface area contributed by atoms with Gasteiger partial charge in [-0.25, -0.2) is 4.98 Å². The Bertz CT molecular complexity index is 1270. The minimum atomic E-state index is -0.954. The first-order chi connectivity index (χ1) is 14.6. The van der Waals surface area contributed by atoms with Gasteiger partial charge in [0.15, 0.2) is 23.2 Å². The molecular formula is C24H18N2O3S. The number of ether oxygens (including phenoxy) is 2. The second kappa shape index (κ2) is 8.36. The van der Waals surface area contributed by atoms with Crippen LogP contribution in [0.15, 0.2) is 66.0 Å². The molecule has 0 fully saturated rings. The average Bonchev–Trinajstić information content (AvgIpc) is 3.28. The molecule has 0 N–H and O–H groups in total. The third kappa shape index (κ3) is 3.63. The normalized spacial score (nSPS) is 11.6. The summed E-state index contributed by atoms with van der Waals surface area (Å²) in [4.78, 5) is 17.6. The van der Waals surface area contributed by atoms with Gasteiger partial charge in [-0.2, -0.15) is 5.26 Å². The Hall–Kier alpha value is -3.69. The van der Waals surface area contributed by atoms with Gasteiger partial charge in [0.1, 0.15) is 5.01 Å². The Morgan fingerprint density at radius 1 is 1.00 bits per heavy atom. The lowest BCUT2D eigenvalue weighted by Crippen LogP contribution is -2.11. The number of carbonyl (C=O) groups excluding carboxylic acids is 1. The van der Waals surface area contributed by atoms with Crippen LogP contribution in [-0.2, 0) is 0 Å². The molecule has 5 nitrogen and oxygen atoms in total. The van der Waals surface area contributed by atoms with E-state index in [9.17, 15) is 10.1 Å². The van der Waals surface area contributed by atoms with E-state index in [4.69, 9.17) is 9.47 Å². The molecule has 30 heavy (non-hydrogen) atoms. The Kier molecular flexibility index (Phi) is 5.46. The quantitative estimate of drug-likeness (QED) is 0.391. The predicted molar refractivity (Wildman–Crippen MR) is 117 cm³/mol. The van der Waals surface area contributed by atoms with Crippen LogP contribution in [0.4, 0.5) is 0 Å². The van der Waals surface area contributed by atoms with E-state index in [-0.39, 0.29) is 5.78 Å². The predicted octanol–water partition coefficient (Wildman–Crippen LogP) is 5.47. The fourth-order valence-electron chi connectivity index (χ4n) is 3.28. The number of aromatic nitrogens is 1.